The van der Waals surface area contributed by atoms with Crippen molar-refractivity contribution in [3.63, 3.8) is 0 Å². The predicted octanol–water partition coefficient (Wildman–Crippen LogP) is 1.29. The zero-order chi connectivity index (χ0) is 9.97. The fourth-order valence-electron chi connectivity index (χ4n) is 1.36. The SMILES string of the molecule is C[C@@H](N)c1cccnc1-n1ccnc1. The first-order chi connectivity index (χ1) is 6.79. The Balaban J connectivity index is 2.53. The van der Waals surface area contributed by atoms with Crippen LogP contribution in [0.15, 0.2) is 37.1 Å². The smallest absolute Gasteiger partial charge is 0.142 e. The number of hydrogen-bond acceptors (Lipinski definition) is 3. The molecule has 2 aromatic rings. The number of pyridine rings is 1. The first kappa shape index (κ1) is 8.90. The van der Waals surface area contributed by atoms with Crippen LogP contribution in [0.1, 0.15) is 18.5 Å². The van der Waals surface area contributed by atoms with Crippen molar-refractivity contribution in [2.24, 2.45) is 5.73 Å². The lowest BCUT2D eigenvalue weighted by atomic mass is 10.1. The van der Waals surface area contributed by atoms with Crippen molar-refractivity contribution < 1.29 is 0 Å². The van der Waals surface area contributed by atoms with Crippen LogP contribution in [0.2, 0.25) is 0 Å². The molecule has 0 saturated heterocycles. The summed E-state index contributed by atoms with van der Waals surface area (Å²) in [5, 5.41) is 0. The van der Waals surface area contributed by atoms with Crippen molar-refractivity contribution in [3.8, 4) is 5.82 Å². The molecule has 0 aliphatic carbocycles. The van der Waals surface area contributed by atoms with Crippen molar-refractivity contribution in [1.29, 1.82) is 0 Å². The Bertz CT molecular complexity index is 406. The first-order valence-electron chi connectivity index (χ1n) is 4.48. The van der Waals surface area contributed by atoms with Crippen molar-refractivity contribution in [1.82, 2.24) is 14.5 Å². The van der Waals surface area contributed by atoms with Crippen molar-refractivity contribution in [3.05, 3.63) is 42.6 Å². The van der Waals surface area contributed by atoms with Crippen molar-refractivity contribution >= 4 is 0 Å². The third kappa shape index (κ3) is 1.52. The summed E-state index contributed by atoms with van der Waals surface area (Å²) in [6.45, 7) is 1.94. The Hall–Kier alpha value is -1.68. The van der Waals surface area contributed by atoms with Crippen LogP contribution in [0.3, 0.4) is 0 Å². The van der Waals surface area contributed by atoms with Gasteiger partial charge in [0.25, 0.3) is 0 Å². The van der Waals surface area contributed by atoms with Gasteiger partial charge in [0.1, 0.15) is 12.1 Å². The zero-order valence-electron chi connectivity index (χ0n) is 7.96. The fourth-order valence-corrected chi connectivity index (χ4v) is 1.36. The number of hydrogen-bond donors (Lipinski definition) is 1. The van der Waals surface area contributed by atoms with E-state index < -0.39 is 0 Å². The number of nitrogens with two attached hydrogens (primary N) is 1. The van der Waals surface area contributed by atoms with Gasteiger partial charge < -0.3 is 5.73 Å². The van der Waals surface area contributed by atoms with Crippen LogP contribution >= 0.6 is 0 Å². The van der Waals surface area contributed by atoms with Gasteiger partial charge in [-0.15, -0.1) is 0 Å². The van der Waals surface area contributed by atoms with E-state index >= 15 is 0 Å². The van der Waals surface area contributed by atoms with Gasteiger partial charge in [0, 0.05) is 30.2 Å². The van der Waals surface area contributed by atoms with Gasteiger partial charge in [0.2, 0.25) is 0 Å². The van der Waals surface area contributed by atoms with E-state index in [1.807, 2.05) is 29.8 Å². The average molecular weight is 188 g/mol. The molecule has 2 heterocycles. The summed E-state index contributed by atoms with van der Waals surface area (Å²) < 4.78 is 1.86. The molecule has 0 radical (unpaired) electrons. The topological polar surface area (TPSA) is 56.7 Å². The van der Waals surface area contributed by atoms with Crippen LogP contribution in [0.25, 0.3) is 5.82 Å². The van der Waals surface area contributed by atoms with E-state index in [1.165, 1.54) is 0 Å². The van der Waals surface area contributed by atoms with Gasteiger partial charge in [-0.3, -0.25) is 4.57 Å². The molecule has 0 spiro atoms. The molecule has 4 nitrogen and oxygen atoms in total. The van der Waals surface area contributed by atoms with Crippen LogP contribution in [-0.2, 0) is 0 Å². The summed E-state index contributed by atoms with van der Waals surface area (Å²) in [4.78, 5) is 8.27. The molecule has 0 amide bonds. The van der Waals surface area contributed by atoms with E-state index in [-0.39, 0.29) is 6.04 Å². The molecule has 14 heavy (non-hydrogen) atoms. The molecular weight excluding hydrogens is 176 g/mol. The second-order valence-corrected chi connectivity index (χ2v) is 3.17. The van der Waals surface area contributed by atoms with Crippen LogP contribution < -0.4 is 5.73 Å². The second-order valence-electron chi connectivity index (χ2n) is 3.17. The number of nitrogens with zero attached hydrogens (tertiary/aromatic N) is 3. The number of rotatable bonds is 2. The van der Waals surface area contributed by atoms with Gasteiger partial charge in [0.05, 0.1) is 0 Å². The maximum Gasteiger partial charge on any atom is 0.142 e. The first-order valence-corrected chi connectivity index (χ1v) is 4.48. The molecule has 72 valence electrons. The highest BCUT2D eigenvalue weighted by Gasteiger charge is 2.08. The maximum atomic E-state index is 5.85. The molecule has 0 saturated carbocycles. The Morgan fingerprint density at radius 1 is 1.43 bits per heavy atom. The quantitative estimate of drug-likeness (QED) is 0.772. The third-order valence-corrected chi connectivity index (χ3v) is 2.06. The monoisotopic (exact) mass is 188 g/mol. The fraction of sp³-hybridized carbons (Fsp3) is 0.200. The predicted molar refractivity (Wildman–Crippen MR) is 54.0 cm³/mol. The number of imidazole rings is 1. The van der Waals surface area contributed by atoms with Gasteiger partial charge in [-0.1, -0.05) is 6.07 Å². The molecule has 2 N–H and O–H groups in total. The Labute approximate surface area is 82.4 Å². The summed E-state index contributed by atoms with van der Waals surface area (Å²) in [7, 11) is 0. The van der Waals surface area contributed by atoms with Crippen LogP contribution in [0.5, 0.6) is 0 Å². The lowest BCUT2D eigenvalue weighted by Gasteiger charge is -2.11. The lowest BCUT2D eigenvalue weighted by Crippen LogP contribution is -2.10. The largest absolute Gasteiger partial charge is 0.324 e. The molecule has 2 aromatic heterocycles. The second kappa shape index (κ2) is 3.59. The van der Waals surface area contributed by atoms with E-state index in [2.05, 4.69) is 9.97 Å². The minimum Gasteiger partial charge on any atom is -0.324 e. The molecule has 0 aliphatic heterocycles. The minimum atomic E-state index is -0.0268. The van der Waals surface area contributed by atoms with Crippen LogP contribution in [-0.4, -0.2) is 14.5 Å². The van der Waals surface area contributed by atoms with Gasteiger partial charge in [-0.2, -0.15) is 0 Å². The maximum absolute atomic E-state index is 5.85. The third-order valence-electron chi connectivity index (χ3n) is 2.06. The lowest BCUT2D eigenvalue weighted by molar-refractivity contribution is 0.791. The standard InChI is InChI=1S/C10H12N4/c1-8(11)9-3-2-4-13-10(9)14-6-5-12-7-14/h2-8H,11H2,1H3/t8-/m1/s1. The van der Waals surface area contributed by atoms with Crippen LogP contribution in [0, 0.1) is 0 Å². The summed E-state index contributed by atoms with van der Waals surface area (Å²) in [6.07, 6.45) is 7.04. The molecule has 0 bridgehead atoms. The van der Waals surface area contributed by atoms with Gasteiger partial charge in [0.15, 0.2) is 0 Å². The van der Waals surface area contributed by atoms with Crippen LogP contribution in [0.4, 0.5) is 0 Å². The number of aromatic nitrogens is 3. The highest BCUT2D eigenvalue weighted by molar-refractivity contribution is 5.35. The molecule has 0 aliphatic rings. The normalized spacial score (nSPS) is 12.7. The molecular formula is C10H12N4. The van der Waals surface area contributed by atoms with Gasteiger partial charge in [-0.05, 0) is 13.0 Å². The van der Waals surface area contributed by atoms with Crippen molar-refractivity contribution in [2.75, 3.05) is 0 Å². The highest BCUT2D eigenvalue weighted by Crippen LogP contribution is 2.16. The van der Waals surface area contributed by atoms with E-state index in [1.54, 1.807) is 18.7 Å². The molecule has 2 rings (SSSR count). The van der Waals surface area contributed by atoms with Gasteiger partial charge >= 0.3 is 0 Å². The summed E-state index contributed by atoms with van der Waals surface area (Å²) in [6, 6.07) is 3.84. The van der Waals surface area contributed by atoms with Gasteiger partial charge in [-0.25, -0.2) is 9.97 Å². The zero-order valence-corrected chi connectivity index (χ0v) is 7.96. The molecule has 0 unspecified atom stereocenters. The Morgan fingerprint density at radius 3 is 2.93 bits per heavy atom. The molecule has 0 fully saturated rings. The van der Waals surface area contributed by atoms with E-state index in [0.29, 0.717) is 0 Å². The molecule has 0 aromatic carbocycles. The van der Waals surface area contributed by atoms with E-state index in [9.17, 15) is 0 Å². The highest BCUT2D eigenvalue weighted by atomic mass is 15.1. The summed E-state index contributed by atoms with van der Waals surface area (Å²) >= 11 is 0. The summed E-state index contributed by atoms with van der Waals surface area (Å²) in [5.41, 5.74) is 6.87. The van der Waals surface area contributed by atoms with Crippen molar-refractivity contribution in [2.45, 2.75) is 13.0 Å². The van der Waals surface area contributed by atoms with E-state index in [4.69, 9.17) is 5.73 Å². The Morgan fingerprint density at radius 2 is 2.29 bits per heavy atom. The molecule has 4 heteroatoms. The Kier molecular flexibility index (Phi) is 2.28. The van der Waals surface area contributed by atoms with E-state index in [0.717, 1.165) is 11.4 Å². The summed E-state index contributed by atoms with van der Waals surface area (Å²) in [5.74, 6) is 0.847. The molecule has 1 atom stereocenters. The minimum absolute atomic E-state index is 0.0268. The average Bonchev–Trinajstić information content (AvgIpc) is 2.70.